The topological polar surface area (TPSA) is 0 Å². The molecule has 0 heterocycles. The van der Waals surface area contributed by atoms with E-state index < -0.39 is 11.7 Å². The highest BCUT2D eigenvalue weighted by Crippen LogP contribution is 2.37. The quantitative estimate of drug-likeness (QED) is 0.391. The van der Waals surface area contributed by atoms with Crippen molar-refractivity contribution < 1.29 is 13.2 Å². The van der Waals surface area contributed by atoms with Crippen LogP contribution in [0.3, 0.4) is 0 Å². The number of unbranched alkanes of at least 4 members (excludes halogenated alkanes) is 2. The van der Waals surface area contributed by atoms with Gasteiger partial charge in [-0.05, 0) is 42.5 Å². The first-order chi connectivity index (χ1) is 15.7. The third-order valence-corrected chi connectivity index (χ3v) is 5.22. The van der Waals surface area contributed by atoms with Crippen LogP contribution in [0.15, 0.2) is 60.2 Å². The van der Waals surface area contributed by atoms with E-state index in [1.807, 2.05) is 13.0 Å². The molecule has 0 saturated heterocycles. The van der Waals surface area contributed by atoms with Crippen molar-refractivity contribution >= 4 is 0 Å². The molecule has 2 aromatic carbocycles. The van der Waals surface area contributed by atoms with E-state index in [9.17, 15) is 13.2 Å². The molecule has 2 aromatic rings. The summed E-state index contributed by atoms with van der Waals surface area (Å²) in [4.78, 5) is 0. The van der Waals surface area contributed by atoms with Crippen molar-refractivity contribution in [1.29, 1.82) is 0 Å². The van der Waals surface area contributed by atoms with Crippen molar-refractivity contribution in [2.45, 2.75) is 86.7 Å². The maximum Gasteiger partial charge on any atom is 0.417 e. The average molecular weight is 459 g/mol. The van der Waals surface area contributed by atoms with Crippen molar-refractivity contribution in [3.8, 4) is 23.0 Å². The predicted molar refractivity (Wildman–Crippen MR) is 138 cm³/mol. The molecule has 2 rings (SSSR count). The van der Waals surface area contributed by atoms with Gasteiger partial charge in [0, 0.05) is 11.1 Å². The van der Waals surface area contributed by atoms with E-state index in [2.05, 4.69) is 53.4 Å². The largest absolute Gasteiger partial charge is 0.417 e. The van der Waals surface area contributed by atoms with Gasteiger partial charge in [0.2, 0.25) is 0 Å². The minimum Gasteiger partial charge on any atom is -0.166 e. The fourth-order valence-corrected chi connectivity index (χ4v) is 2.57. The standard InChI is InChI=1S/C22H21F3.2C4H10/c1-4-16(3)18(5-2)13-11-17-12-14-20(19-9-7-6-8-10-19)21(15-17)22(23,24)25;2*1-3-4-2/h5-10,12,14-16H,4H2,1-3H3;2*3-4H2,1-2H3/b18-5-;;. The Morgan fingerprint density at radius 2 is 1.42 bits per heavy atom. The van der Waals surface area contributed by atoms with Gasteiger partial charge in [-0.1, -0.05) is 122 Å². The lowest BCUT2D eigenvalue weighted by atomic mass is 9.96. The lowest BCUT2D eigenvalue weighted by Gasteiger charge is -2.13. The first kappa shape index (κ1) is 30.5. The normalized spacial score (nSPS) is 11.8. The first-order valence-corrected chi connectivity index (χ1v) is 12.1. The fourth-order valence-electron chi connectivity index (χ4n) is 2.57. The van der Waals surface area contributed by atoms with Gasteiger partial charge >= 0.3 is 6.18 Å². The van der Waals surface area contributed by atoms with Crippen LogP contribution in [0.2, 0.25) is 0 Å². The van der Waals surface area contributed by atoms with Gasteiger partial charge in [0.25, 0.3) is 0 Å². The van der Waals surface area contributed by atoms with E-state index in [0.29, 0.717) is 17.0 Å². The van der Waals surface area contributed by atoms with Crippen LogP contribution in [-0.2, 0) is 6.18 Å². The highest BCUT2D eigenvalue weighted by atomic mass is 19.4. The summed E-state index contributed by atoms with van der Waals surface area (Å²) >= 11 is 0. The number of allylic oxidation sites excluding steroid dienone is 2. The van der Waals surface area contributed by atoms with Crippen LogP contribution in [0.4, 0.5) is 13.2 Å². The Kier molecular flexibility index (Phi) is 15.8. The minimum absolute atomic E-state index is 0.173. The van der Waals surface area contributed by atoms with E-state index in [4.69, 9.17) is 0 Å². The van der Waals surface area contributed by atoms with Gasteiger partial charge in [0.05, 0.1) is 5.56 Å². The molecule has 33 heavy (non-hydrogen) atoms. The molecule has 1 atom stereocenters. The number of rotatable bonds is 5. The zero-order valence-electron chi connectivity index (χ0n) is 21.4. The highest BCUT2D eigenvalue weighted by Gasteiger charge is 2.33. The molecule has 0 saturated carbocycles. The summed E-state index contributed by atoms with van der Waals surface area (Å²) < 4.78 is 40.5. The molecule has 1 unspecified atom stereocenters. The maximum absolute atomic E-state index is 13.5. The molecule has 182 valence electrons. The van der Waals surface area contributed by atoms with Crippen molar-refractivity contribution in [2.75, 3.05) is 0 Å². The molecule has 0 N–H and O–H groups in total. The minimum atomic E-state index is -4.43. The van der Waals surface area contributed by atoms with Gasteiger partial charge in [0.1, 0.15) is 0 Å². The molecule has 0 aliphatic carbocycles. The van der Waals surface area contributed by atoms with Crippen LogP contribution in [-0.4, -0.2) is 0 Å². The molecule has 0 aliphatic heterocycles. The Hall–Kier alpha value is -2.47. The molecular formula is C30H41F3. The molecule has 0 aliphatic rings. The van der Waals surface area contributed by atoms with Gasteiger partial charge in [-0.3, -0.25) is 0 Å². The molecule has 0 bridgehead atoms. The summed E-state index contributed by atoms with van der Waals surface area (Å²) in [5.41, 5.74) is 1.38. The van der Waals surface area contributed by atoms with Crippen molar-refractivity contribution in [1.82, 2.24) is 0 Å². The zero-order valence-corrected chi connectivity index (χ0v) is 21.4. The summed E-state index contributed by atoms with van der Waals surface area (Å²) in [6.07, 6.45) is 3.71. The van der Waals surface area contributed by atoms with Crippen LogP contribution in [0, 0.1) is 17.8 Å². The van der Waals surface area contributed by atoms with Gasteiger partial charge in [0.15, 0.2) is 0 Å². The van der Waals surface area contributed by atoms with Gasteiger partial charge in [-0.25, -0.2) is 0 Å². The Morgan fingerprint density at radius 1 is 0.879 bits per heavy atom. The molecule has 0 fully saturated rings. The van der Waals surface area contributed by atoms with Crippen molar-refractivity contribution in [3.05, 3.63) is 71.3 Å². The molecule has 0 radical (unpaired) electrons. The summed E-state index contributed by atoms with van der Waals surface area (Å²) in [5.74, 6) is 6.20. The molecular weight excluding hydrogens is 417 g/mol. The Morgan fingerprint density at radius 3 is 1.85 bits per heavy atom. The van der Waals surface area contributed by atoms with E-state index in [1.54, 1.807) is 36.4 Å². The Bertz CT molecular complexity index is 857. The van der Waals surface area contributed by atoms with Crippen LogP contribution in [0.1, 0.15) is 91.7 Å². The molecule has 3 heteroatoms. The third kappa shape index (κ3) is 11.8. The van der Waals surface area contributed by atoms with E-state index >= 15 is 0 Å². The van der Waals surface area contributed by atoms with Crippen molar-refractivity contribution in [2.24, 2.45) is 5.92 Å². The zero-order chi connectivity index (χ0) is 25.3. The first-order valence-electron chi connectivity index (χ1n) is 12.1. The fraction of sp³-hybridized carbons (Fsp3) is 0.467. The van der Waals surface area contributed by atoms with Gasteiger partial charge in [-0.15, -0.1) is 0 Å². The van der Waals surface area contributed by atoms with Crippen LogP contribution < -0.4 is 0 Å². The van der Waals surface area contributed by atoms with Crippen LogP contribution >= 0.6 is 0 Å². The second kappa shape index (κ2) is 17.1. The Balaban J connectivity index is 0.00000111. The number of halogens is 3. The highest BCUT2D eigenvalue weighted by molar-refractivity contribution is 5.69. The monoisotopic (exact) mass is 458 g/mol. The van der Waals surface area contributed by atoms with E-state index in [-0.39, 0.29) is 5.56 Å². The molecule has 0 nitrogen and oxygen atoms in total. The van der Waals surface area contributed by atoms with Gasteiger partial charge in [-0.2, -0.15) is 13.2 Å². The van der Waals surface area contributed by atoms with Crippen LogP contribution in [0.5, 0.6) is 0 Å². The molecule has 0 spiro atoms. The predicted octanol–water partition coefficient (Wildman–Crippen LogP) is 10.3. The summed E-state index contributed by atoms with van der Waals surface area (Å²) in [6, 6.07) is 12.9. The van der Waals surface area contributed by atoms with E-state index in [0.717, 1.165) is 18.1 Å². The molecule has 0 amide bonds. The second-order valence-corrected chi connectivity index (χ2v) is 7.93. The Labute approximate surface area is 200 Å². The summed E-state index contributed by atoms with van der Waals surface area (Å²) in [6.45, 7) is 14.7. The smallest absolute Gasteiger partial charge is 0.166 e. The maximum atomic E-state index is 13.5. The SMILES string of the molecule is C/C=C(/C#Cc1ccc(-c2ccccc2)c(C(F)(F)F)c1)C(C)CC.CCCC.CCCC. The second-order valence-electron chi connectivity index (χ2n) is 7.93. The average Bonchev–Trinajstić information content (AvgIpc) is 2.84. The lowest BCUT2D eigenvalue weighted by molar-refractivity contribution is -0.137. The van der Waals surface area contributed by atoms with Gasteiger partial charge < -0.3 is 0 Å². The van der Waals surface area contributed by atoms with E-state index in [1.165, 1.54) is 31.7 Å². The van der Waals surface area contributed by atoms with Crippen molar-refractivity contribution in [3.63, 3.8) is 0 Å². The number of hydrogen-bond acceptors (Lipinski definition) is 0. The van der Waals surface area contributed by atoms with Crippen LogP contribution in [0.25, 0.3) is 11.1 Å². The summed E-state index contributed by atoms with van der Waals surface area (Å²) in [7, 11) is 0. The number of hydrogen-bond donors (Lipinski definition) is 0. The lowest BCUT2D eigenvalue weighted by Crippen LogP contribution is -2.07. The summed E-state index contributed by atoms with van der Waals surface area (Å²) in [5, 5.41) is 0. The third-order valence-electron chi connectivity index (χ3n) is 5.22. The molecule has 0 aromatic heterocycles. The number of alkyl halides is 3. The number of benzene rings is 2.